The molecule has 0 bridgehead atoms. The van der Waals surface area contributed by atoms with Crippen LogP contribution in [0.3, 0.4) is 0 Å². The SMILES string of the molecule is Cc1cc(-c2nc3cc(F)c(F)cc3[nH]2)n(C)n1. The van der Waals surface area contributed by atoms with Gasteiger partial charge >= 0.3 is 0 Å². The van der Waals surface area contributed by atoms with Crippen molar-refractivity contribution in [3.63, 3.8) is 0 Å². The van der Waals surface area contributed by atoms with E-state index in [0.29, 0.717) is 16.9 Å². The van der Waals surface area contributed by atoms with Crippen LogP contribution in [-0.2, 0) is 7.05 Å². The molecule has 0 unspecified atom stereocenters. The Morgan fingerprint density at radius 2 is 1.89 bits per heavy atom. The maximum Gasteiger partial charge on any atom is 0.161 e. The van der Waals surface area contributed by atoms with Crippen LogP contribution in [0, 0.1) is 18.6 Å². The fraction of sp³-hybridized carbons (Fsp3) is 0.167. The van der Waals surface area contributed by atoms with Crippen molar-refractivity contribution in [1.29, 1.82) is 0 Å². The van der Waals surface area contributed by atoms with Gasteiger partial charge in [-0.25, -0.2) is 13.8 Å². The lowest BCUT2D eigenvalue weighted by Crippen LogP contribution is -1.94. The zero-order valence-electron chi connectivity index (χ0n) is 9.83. The highest BCUT2D eigenvalue weighted by Crippen LogP contribution is 2.22. The summed E-state index contributed by atoms with van der Waals surface area (Å²) in [6.45, 7) is 1.87. The van der Waals surface area contributed by atoms with Gasteiger partial charge in [0.15, 0.2) is 17.5 Å². The molecule has 0 spiro atoms. The zero-order valence-corrected chi connectivity index (χ0v) is 9.83. The molecule has 0 saturated heterocycles. The lowest BCUT2D eigenvalue weighted by molar-refractivity contribution is 0.510. The molecule has 0 atom stereocenters. The molecule has 0 fully saturated rings. The number of aromatic nitrogens is 4. The smallest absolute Gasteiger partial charge is 0.161 e. The van der Waals surface area contributed by atoms with Crippen LogP contribution in [0.25, 0.3) is 22.6 Å². The molecule has 0 aliphatic heterocycles. The molecule has 3 aromatic rings. The van der Waals surface area contributed by atoms with Crippen LogP contribution in [0.1, 0.15) is 5.69 Å². The molecular formula is C12H10F2N4. The number of halogens is 2. The van der Waals surface area contributed by atoms with Gasteiger partial charge in [-0.2, -0.15) is 5.10 Å². The van der Waals surface area contributed by atoms with Gasteiger partial charge in [0.05, 0.1) is 16.7 Å². The van der Waals surface area contributed by atoms with Gasteiger partial charge < -0.3 is 4.98 Å². The van der Waals surface area contributed by atoms with Crippen LogP contribution in [0.2, 0.25) is 0 Å². The molecule has 0 amide bonds. The molecule has 0 radical (unpaired) electrons. The number of nitrogens with one attached hydrogen (secondary N) is 1. The van der Waals surface area contributed by atoms with E-state index < -0.39 is 11.6 Å². The number of benzene rings is 1. The number of H-pyrrole nitrogens is 1. The van der Waals surface area contributed by atoms with Gasteiger partial charge in [-0.15, -0.1) is 0 Å². The largest absolute Gasteiger partial charge is 0.337 e. The van der Waals surface area contributed by atoms with Crippen molar-refractivity contribution in [2.75, 3.05) is 0 Å². The molecule has 4 nitrogen and oxygen atoms in total. The molecule has 18 heavy (non-hydrogen) atoms. The summed E-state index contributed by atoms with van der Waals surface area (Å²) in [6.07, 6.45) is 0. The van der Waals surface area contributed by atoms with Crippen molar-refractivity contribution in [2.45, 2.75) is 6.92 Å². The quantitative estimate of drug-likeness (QED) is 0.719. The average Bonchev–Trinajstić information content (AvgIpc) is 2.82. The van der Waals surface area contributed by atoms with Crippen molar-refractivity contribution >= 4 is 11.0 Å². The first kappa shape index (κ1) is 10.9. The lowest BCUT2D eigenvalue weighted by Gasteiger charge is -1.95. The zero-order chi connectivity index (χ0) is 12.9. The number of nitrogens with zero attached hydrogens (tertiary/aromatic N) is 3. The summed E-state index contributed by atoms with van der Waals surface area (Å²) in [5, 5.41) is 4.20. The van der Waals surface area contributed by atoms with Gasteiger partial charge in [-0.3, -0.25) is 4.68 Å². The monoisotopic (exact) mass is 248 g/mol. The fourth-order valence-corrected chi connectivity index (χ4v) is 1.96. The Labute approximate surface area is 101 Å². The van der Waals surface area contributed by atoms with Crippen molar-refractivity contribution < 1.29 is 8.78 Å². The number of aryl methyl sites for hydroxylation is 2. The van der Waals surface area contributed by atoms with Crippen molar-refractivity contribution in [1.82, 2.24) is 19.7 Å². The maximum absolute atomic E-state index is 13.1. The molecule has 3 rings (SSSR count). The third-order valence-corrected chi connectivity index (χ3v) is 2.77. The Bertz CT molecular complexity index is 703. The van der Waals surface area contributed by atoms with Crippen molar-refractivity contribution in [3.8, 4) is 11.5 Å². The second-order valence-corrected chi connectivity index (χ2v) is 4.16. The molecule has 0 aliphatic carbocycles. The number of hydrogen-bond donors (Lipinski definition) is 1. The molecule has 1 aromatic carbocycles. The van der Waals surface area contributed by atoms with E-state index in [1.165, 1.54) is 0 Å². The van der Waals surface area contributed by atoms with Crippen LogP contribution < -0.4 is 0 Å². The summed E-state index contributed by atoms with van der Waals surface area (Å²) >= 11 is 0. The highest BCUT2D eigenvalue weighted by molar-refractivity contribution is 5.79. The molecular weight excluding hydrogens is 238 g/mol. The second-order valence-electron chi connectivity index (χ2n) is 4.16. The molecule has 1 N–H and O–H groups in total. The molecule has 0 aliphatic rings. The maximum atomic E-state index is 13.1. The van der Waals surface area contributed by atoms with Crippen molar-refractivity contribution in [2.24, 2.45) is 7.05 Å². The minimum atomic E-state index is -0.901. The minimum absolute atomic E-state index is 0.391. The van der Waals surface area contributed by atoms with Crippen LogP contribution in [0.15, 0.2) is 18.2 Å². The average molecular weight is 248 g/mol. The van der Waals surface area contributed by atoms with Gasteiger partial charge in [0.25, 0.3) is 0 Å². The van der Waals surface area contributed by atoms with Crippen LogP contribution >= 0.6 is 0 Å². The number of hydrogen-bond acceptors (Lipinski definition) is 2. The van der Waals surface area contributed by atoms with Gasteiger partial charge in [0, 0.05) is 19.2 Å². The van der Waals surface area contributed by atoms with Gasteiger partial charge in [0.1, 0.15) is 5.69 Å². The molecule has 0 saturated carbocycles. The Morgan fingerprint density at radius 1 is 1.17 bits per heavy atom. The summed E-state index contributed by atoms with van der Waals surface area (Å²) in [7, 11) is 1.79. The first-order valence-electron chi connectivity index (χ1n) is 5.40. The van der Waals surface area contributed by atoms with Crippen LogP contribution in [-0.4, -0.2) is 19.7 Å². The third-order valence-electron chi connectivity index (χ3n) is 2.77. The molecule has 2 heterocycles. The first-order valence-corrected chi connectivity index (χ1v) is 5.40. The topological polar surface area (TPSA) is 46.5 Å². The molecule has 2 aromatic heterocycles. The number of fused-ring (bicyclic) bond motifs is 1. The van der Waals surface area contributed by atoms with E-state index in [1.807, 2.05) is 13.0 Å². The summed E-state index contributed by atoms with van der Waals surface area (Å²) < 4.78 is 27.9. The van der Waals surface area contributed by atoms with Crippen LogP contribution in [0.4, 0.5) is 8.78 Å². The van der Waals surface area contributed by atoms with Crippen LogP contribution in [0.5, 0.6) is 0 Å². The van der Waals surface area contributed by atoms with Crippen molar-refractivity contribution in [3.05, 3.63) is 35.5 Å². The summed E-state index contributed by atoms with van der Waals surface area (Å²) in [6, 6.07) is 4.03. The summed E-state index contributed by atoms with van der Waals surface area (Å²) in [5.74, 6) is -1.25. The van der Waals surface area contributed by atoms with Gasteiger partial charge in [-0.05, 0) is 13.0 Å². The minimum Gasteiger partial charge on any atom is -0.337 e. The lowest BCUT2D eigenvalue weighted by atomic mass is 10.3. The van der Waals surface area contributed by atoms with Gasteiger partial charge in [0.2, 0.25) is 0 Å². The second kappa shape index (κ2) is 3.63. The third kappa shape index (κ3) is 1.57. The van der Waals surface area contributed by atoms with E-state index >= 15 is 0 Å². The fourth-order valence-electron chi connectivity index (χ4n) is 1.96. The van der Waals surface area contributed by atoms with E-state index in [0.717, 1.165) is 23.5 Å². The highest BCUT2D eigenvalue weighted by atomic mass is 19.2. The van der Waals surface area contributed by atoms with E-state index in [1.54, 1.807) is 11.7 Å². The predicted octanol–water partition coefficient (Wildman–Crippen LogP) is 2.55. The van der Waals surface area contributed by atoms with E-state index in [9.17, 15) is 8.78 Å². The number of aromatic amines is 1. The summed E-state index contributed by atoms with van der Waals surface area (Å²) in [4.78, 5) is 7.19. The predicted molar refractivity (Wildman–Crippen MR) is 62.9 cm³/mol. The summed E-state index contributed by atoms with van der Waals surface area (Å²) in [5.41, 5.74) is 2.47. The first-order chi connectivity index (χ1) is 8.54. The normalized spacial score (nSPS) is 11.3. The molecule has 92 valence electrons. The van der Waals surface area contributed by atoms with E-state index in [-0.39, 0.29) is 0 Å². The Balaban J connectivity index is 2.22. The molecule has 6 heteroatoms. The Kier molecular flexibility index (Phi) is 2.19. The highest BCUT2D eigenvalue weighted by Gasteiger charge is 2.12. The number of rotatable bonds is 1. The Morgan fingerprint density at radius 3 is 2.56 bits per heavy atom. The van der Waals surface area contributed by atoms with E-state index in [2.05, 4.69) is 15.1 Å². The number of imidazole rings is 1. The van der Waals surface area contributed by atoms with E-state index in [4.69, 9.17) is 0 Å². The Hall–Kier alpha value is -2.24. The standard InChI is InChI=1S/C12H10F2N4/c1-6-3-11(18(2)17-6)12-15-9-4-7(13)8(14)5-10(9)16-12/h3-5H,1-2H3,(H,15,16). The van der Waals surface area contributed by atoms with Gasteiger partial charge in [-0.1, -0.05) is 0 Å².